The van der Waals surface area contributed by atoms with Gasteiger partial charge in [0, 0.05) is 44.7 Å². The first kappa shape index (κ1) is 19.2. The van der Waals surface area contributed by atoms with Crippen molar-refractivity contribution in [3.63, 3.8) is 0 Å². The molecule has 4 rings (SSSR count). The van der Waals surface area contributed by atoms with E-state index in [1.807, 2.05) is 0 Å². The van der Waals surface area contributed by atoms with Crippen molar-refractivity contribution in [2.45, 2.75) is 38.1 Å². The number of amides is 2. The number of aromatic nitrogens is 1. The number of likely N-dealkylation sites (N-methyl/N-ethyl adjacent to an activating group) is 1. The zero-order valence-electron chi connectivity index (χ0n) is 16.2. The molecule has 1 aromatic rings. The molecular formula is C20H26F2N4O2. The van der Waals surface area contributed by atoms with E-state index in [1.165, 1.54) is 0 Å². The molecule has 0 bridgehead atoms. The molecule has 1 atom stereocenters. The summed E-state index contributed by atoms with van der Waals surface area (Å²) in [6, 6.07) is 0.974. The Morgan fingerprint density at radius 2 is 1.96 bits per heavy atom. The molecule has 3 fully saturated rings. The van der Waals surface area contributed by atoms with Gasteiger partial charge in [-0.15, -0.1) is 0 Å². The third-order valence-corrected chi connectivity index (χ3v) is 6.62. The summed E-state index contributed by atoms with van der Waals surface area (Å²) in [5, 5.41) is 0. The average molecular weight is 392 g/mol. The number of hydrogen-bond donors (Lipinski definition) is 0. The summed E-state index contributed by atoms with van der Waals surface area (Å²) in [5.41, 5.74) is -0.299. The van der Waals surface area contributed by atoms with E-state index in [0.29, 0.717) is 25.6 Å². The van der Waals surface area contributed by atoms with Gasteiger partial charge in [-0.3, -0.25) is 9.59 Å². The molecule has 28 heavy (non-hydrogen) atoms. The lowest BCUT2D eigenvalue weighted by atomic mass is 9.72. The smallest absolute Gasteiger partial charge is 0.275 e. The molecule has 0 N–H and O–H groups in total. The number of pyridine rings is 1. The topological polar surface area (TPSA) is 56.8 Å². The predicted molar refractivity (Wildman–Crippen MR) is 98.6 cm³/mol. The summed E-state index contributed by atoms with van der Waals surface area (Å²) < 4.78 is 27.0. The van der Waals surface area contributed by atoms with Gasteiger partial charge in [-0.25, -0.2) is 13.8 Å². The molecule has 3 saturated heterocycles. The highest BCUT2D eigenvalue weighted by Crippen LogP contribution is 2.41. The molecule has 3 aliphatic heterocycles. The van der Waals surface area contributed by atoms with E-state index in [0.717, 1.165) is 51.5 Å². The number of piperidine rings is 2. The van der Waals surface area contributed by atoms with Gasteiger partial charge in [0.15, 0.2) is 11.5 Å². The quantitative estimate of drug-likeness (QED) is 0.772. The first-order valence-corrected chi connectivity index (χ1v) is 9.95. The van der Waals surface area contributed by atoms with Crippen LogP contribution in [0.3, 0.4) is 0 Å². The Morgan fingerprint density at radius 1 is 1.21 bits per heavy atom. The van der Waals surface area contributed by atoms with E-state index in [1.54, 1.807) is 4.90 Å². The Morgan fingerprint density at radius 3 is 2.61 bits per heavy atom. The maximum absolute atomic E-state index is 13.9. The van der Waals surface area contributed by atoms with E-state index >= 15 is 0 Å². The number of carbonyl (C=O) groups is 2. The monoisotopic (exact) mass is 392 g/mol. The minimum atomic E-state index is -0.926. The van der Waals surface area contributed by atoms with Crippen LogP contribution in [0.5, 0.6) is 0 Å². The average Bonchev–Trinajstić information content (AvgIpc) is 3.10. The second-order valence-electron chi connectivity index (χ2n) is 8.50. The van der Waals surface area contributed by atoms with Gasteiger partial charge in [0.05, 0.1) is 6.20 Å². The molecule has 3 aliphatic rings. The highest BCUT2D eigenvalue weighted by Gasteiger charge is 2.44. The lowest BCUT2D eigenvalue weighted by Crippen LogP contribution is -2.55. The SMILES string of the molecule is CN1CCC(N2CC3(CCC2=O)CCN(C(=O)c2ncc(F)cc2F)CC3)C1. The molecule has 1 aromatic heterocycles. The Labute approximate surface area is 163 Å². The Balaban J connectivity index is 1.41. The van der Waals surface area contributed by atoms with Gasteiger partial charge < -0.3 is 14.7 Å². The Bertz CT molecular complexity index is 779. The van der Waals surface area contributed by atoms with E-state index < -0.39 is 17.5 Å². The van der Waals surface area contributed by atoms with Crippen molar-refractivity contribution in [3.05, 3.63) is 29.6 Å². The van der Waals surface area contributed by atoms with Crippen LogP contribution < -0.4 is 0 Å². The summed E-state index contributed by atoms with van der Waals surface area (Å²) in [4.78, 5) is 34.6. The van der Waals surface area contributed by atoms with Crippen LogP contribution in [-0.2, 0) is 4.79 Å². The molecule has 1 unspecified atom stereocenters. The van der Waals surface area contributed by atoms with Gasteiger partial charge in [0.1, 0.15) is 5.82 Å². The Hall–Kier alpha value is -2.09. The van der Waals surface area contributed by atoms with E-state index in [-0.39, 0.29) is 23.1 Å². The summed E-state index contributed by atoms with van der Waals surface area (Å²) in [6.07, 6.45) is 4.85. The van der Waals surface area contributed by atoms with E-state index in [9.17, 15) is 18.4 Å². The molecule has 1 spiro atoms. The van der Waals surface area contributed by atoms with Crippen molar-refractivity contribution < 1.29 is 18.4 Å². The van der Waals surface area contributed by atoms with E-state index in [2.05, 4.69) is 21.8 Å². The Kier molecular flexibility index (Phi) is 5.07. The summed E-state index contributed by atoms with van der Waals surface area (Å²) in [5.74, 6) is -1.98. The molecule has 6 nitrogen and oxygen atoms in total. The van der Waals surface area contributed by atoms with Gasteiger partial charge in [0.25, 0.3) is 5.91 Å². The maximum Gasteiger partial charge on any atom is 0.275 e. The van der Waals surface area contributed by atoms with E-state index in [4.69, 9.17) is 0 Å². The minimum Gasteiger partial charge on any atom is -0.338 e. The van der Waals surface area contributed by atoms with Crippen molar-refractivity contribution in [1.82, 2.24) is 19.7 Å². The summed E-state index contributed by atoms with van der Waals surface area (Å²) >= 11 is 0. The molecular weight excluding hydrogens is 366 g/mol. The highest BCUT2D eigenvalue weighted by molar-refractivity contribution is 5.92. The van der Waals surface area contributed by atoms with Gasteiger partial charge in [-0.1, -0.05) is 0 Å². The fourth-order valence-corrected chi connectivity index (χ4v) is 4.86. The zero-order chi connectivity index (χ0) is 19.9. The third kappa shape index (κ3) is 3.62. The predicted octanol–water partition coefficient (Wildman–Crippen LogP) is 1.91. The van der Waals surface area contributed by atoms with Crippen LogP contribution in [0.2, 0.25) is 0 Å². The normalized spacial score (nSPS) is 25.5. The molecule has 152 valence electrons. The van der Waals surface area contributed by atoms with Gasteiger partial charge in [-0.2, -0.15) is 0 Å². The fourth-order valence-electron chi connectivity index (χ4n) is 4.86. The first-order valence-electron chi connectivity index (χ1n) is 9.95. The second-order valence-corrected chi connectivity index (χ2v) is 8.50. The fraction of sp³-hybridized carbons (Fsp3) is 0.650. The maximum atomic E-state index is 13.9. The lowest BCUT2D eigenvalue weighted by Gasteiger charge is -2.48. The van der Waals surface area contributed by atoms with Crippen LogP contribution in [0.25, 0.3) is 0 Å². The summed E-state index contributed by atoms with van der Waals surface area (Å²) in [7, 11) is 2.08. The molecule has 0 aromatic carbocycles. The first-order chi connectivity index (χ1) is 13.4. The van der Waals surface area contributed by atoms with Crippen molar-refractivity contribution in [2.75, 3.05) is 39.8 Å². The molecule has 0 radical (unpaired) electrons. The van der Waals surface area contributed by atoms with Crippen LogP contribution >= 0.6 is 0 Å². The zero-order valence-corrected chi connectivity index (χ0v) is 16.2. The number of carbonyl (C=O) groups excluding carboxylic acids is 2. The summed E-state index contributed by atoms with van der Waals surface area (Å²) in [6.45, 7) is 3.69. The molecule has 4 heterocycles. The van der Waals surface area contributed by atoms with Crippen LogP contribution in [0, 0.1) is 17.0 Å². The van der Waals surface area contributed by atoms with Crippen molar-refractivity contribution in [1.29, 1.82) is 0 Å². The molecule has 2 amide bonds. The number of rotatable bonds is 2. The van der Waals surface area contributed by atoms with Crippen molar-refractivity contribution in [3.8, 4) is 0 Å². The van der Waals surface area contributed by atoms with Gasteiger partial charge in [0.2, 0.25) is 5.91 Å². The molecule has 0 aliphatic carbocycles. The molecule has 0 saturated carbocycles. The van der Waals surface area contributed by atoms with Crippen LogP contribution in [0.15, 0.2) is 12.3 Å². The number of halogens is 2. The van der Waals surface area contributed by atoms with Crippen molar-refractivity contribution >= 4 is 11.8 Å². The number of hydrogen-bond acceptors (Lipinski definition) is 4. The van der Waals surface area contributed by atoms with Crippen molar-refractivity contribution in [2.24, 2.45) is 5.41 Å². The highest BCUT2D eigenvalue weighted by atomic mass is 19.1. The van der Waals surface area contributed by atoms with Crippen LogP contribution in [0.1, 0.15) is 42.6 Å². The largest absolute Gasteiger partial charge is 0.338 e. The third-order valence-electron chi connectivity index (χ3n) is 6.62. The minimum absolute atomic E-state index is 0.0284. The van der Waals surface area contributed by atoms with Crippen LogP contribution in [0.4, 0.5) is 8.78 Å². The number of nitrogens with zero attached hydrogens (tertiary/aromatic N) is 4. The van der Waals surface area contributed by atoms with Crippen LogP contribution in [-0.4, -0.2) is 77.3 Å². The van der Waals surface area contributed by atoms with Gasteiger partial charge >= 0.3 is 0 Å². The number of likely N-dealkylation sites (tertiary alicyclic amines) is 3. The molecule has 8 heteroatoms. The van der Waals surface area contributed by atoms with Gasteiger partial charge in [-0.05, 0) is 44.7 Å². The standard InChI is InChI=1S/C20H26F2N4O2/c1-24-7-3-15(12-24)26-13-20(4-2-17(26)27)5-8-25(9-6-20)19(28)18-16(22)10-14(21)11-23-18/h10-11,15H,2-9,12-13H2,1H3. The second kappa shape index (κ2) is 7.39. The lowest BCUT2D eigenvalue weighted by molar-refractivity contribution is -0.141.